The Bertz CT molecular complexity index is 720. The van der Waals surface area contributed by atoms with E-state index in [9.17, 15) is 5.11 Å². The first-order valence-corrected chi connectivity index (χ1v) is 9.44. The first-order valence-electron chi connectivity index (χ1n) is 9.06. The predicted octanol–water partition coefficient (Wildman–Crippen LogP) is 2.83. The summed E-state index contributed by atoms with van der Waals surface area (Å²) >= 11 is 5.95. The third-order valence-electron chi connectivity index (χ3n) is 4.90. The van der Waals surface area contributed by atoms with Crippen molar-refractivity contribution in [2.45, 2.75) is 19.0 Å². The second-order valence-corrected chi connectivity index (χ2v) is 7.07. The molecule has 0 radical (unpaired) electrons. The Morgan fingerprint density at radius 3 is 2.48 bits per heavy atom. The van der Waals surface area contributed by atoms with Crippen LogP contribution in [0.15, 0.2) is 36.5 Å². The summed E-state index contributed by atoms with van der Waals surface area (Å²) in [5, 5.41) is 10.2. The molecular formula is C20H26ClN3O3. The van der Waals surface area contributed by atoms with Gasteiger partial charge >= 0.3 is 0 Å². The van der Waals surface area contributed by atoms with Crippen molar-refractivity contribution in [3.63, 3.8) is 0 Å². The fourth-order valence-corrected chi connectivity index (χ4v) is 3.59. The average Bonchev–Trinajstić information content (AvgIpc) is 2.69. The predicted molar refractivity (Wildman–Crippen MR) is 107 cm³/mol. The van der Waals surface area contributed by atoms with Gasteiger partial charge in [0.1, 0.15) is 17.3 Å². The molecule has 1 aliphatic heterocycles. The molecule has 6 nitrogen and oxygen atoms in total. The molecule has 1 N–H and O–H groups in total. The summed E-state index contributed by atoms with van der Waals surface area (Å²) in [4.78, 5) is 9.08. The van der Waals surface area contributed by atoms with Gasteiger partial charge in [0, 0.05) is 51.1 Å². The maximum absolute atomic E-state index is 9.54. The molecule has 7 heteroatoms. The van der Waals surface area contributed by atoms with Crippen LogP contribution in [0.5, 0.6) is 11.5 Å². The van der Waals surface area contributed by atoms with Crippen molar-refractivity contribution in [2.75, 3.05) is 45.4 Å². The quantitative estimate of drug-likeness (QED) is 0.783. The van der Waals surface area contributed by atoms with Gasteiger partial charge in [-0.2, -0.15) is 0 Å². The number of aliphatic hydroxyl groups is 1. The van der Waals surface area contributed by atoms with Crippen LogP contribution in [0.2, 0.25) is 5.02 Å². The number of hydrogen-bond donors (Lipinski definition) is 1. The highest BCUT2D eigenvalue weighted by molar-refractivity contribution is 6.30. The number of halogens is 1. The standard InChI is InChI=1S/C20H26ClN3O3/c1-26-18-9-15(10-19(11-18)27-2)13-23-6-7-24(14-17(23)5-8-25)20-4-3-16(21)12-22-20/h3-4,9-12,17,25H,5-8,13-14H2,1-2H3/t17-/m1/s1. The topological polar surface area (TPSA) is 58.1 Å². The van der Waals surface area contributed by atoms with Crippen LogP contribution >= 0.6 is 11.6 Å². The van der Waals surface area contributed by atoms with E-state index >= 15 is 0 Å². The van der Waals surface area contributed by atoms with Gasteiger partial charge in [0.15, 0.2) is 0 Å². The lowest BCUT2D eigenvalue weighted by Gasteiger charge is -2.42. The number of aliphatic hydroxyl groups excluding tert-OH is 1. The lowest BCUT2D eigenvalue weighted by atomic mass is 10.1. The van der Waals surface area contributed by atoms with E-state index in [1.807, 2.05) is 30.3 Å². The molecule has 0 bridgehead atoms. The number of hydrogen-bond acceptors (Lipinski definition) is 6. The van der Waals surface area contributed by atoms with Crippen LogP contribution in [0.25, 0.3) is 0 Å². The monoisotopic (exact) mass is 391 g/mol. The summed E-state index contributed by atoms with van der Waals surface area (Å²) in [6.45, 7) is 3.51. The summed E-state index contributed by atoms with van der Waals surface area (Å²) < 4.78 is 10.8. The smallest absolute Gasteiger partial charge is 0.128 e. The number of benzene rings is 1. The summed E-state index contributed by atoms with van der Waals surface area (Å²) in [5.74, 6) is 2.49. The molecule has 0 saturated carbocycles. The van der Waals surface area contributed by atoms with Gasteiger partial charge in [-0.3, -0.25) is 4.90 Å². The Morgan fingerprint density at radius 2 is 1.89 bits per heavy atom. The van der Waals surface area contributed by atoms with Gasteiger partial charge in [-0.05, 0) is 36.2 Å². The van der Waals surface area contributed by atoms with Crippen LogP contribution in [0, 0.1) is 0 Å². The minimum atomic E-state index is 0.157. The Balaban J connectivity index is 1.73. The number of methoxy groups -OCH3 is 2. The molecule has 0 unspecified atom stereocenters. The van der Waals surface area contributed by atoms with Crippen molar-refractivity contribution < 1.29 is 14.6 Å². The largest absolute Gasteiger partial charge is 0.497 e. The fraction of sp³-hybridized carbons (Fsp3) is 0.450. The Kier molecular flexibility index (Phi) is 6.77. The van der Waals surface area contributed by atoms with E-state index < -0.39 is 0 Å². The van der Waals surface area contributed by atoms with Crippen molar-refractivity contribution in [1.29, 1.82) is 0 Å². The molecule has 0 spiro atoms. The summed E-state index contributed by atoms with van der Waals surface area (Å²) in [7, 11) is 3.32. The minimum absolute atomic E-state index is 0.157. The first-order chi connectivity index (χ1) is 13.1. The molecule has 27 heavy (non-hydrogen) atoms. The number of ether oxygens (including phenoxy) is 2. The van der Waals surface area contributed by atoms with Gasteiger partial charge in [-0.25, -0.2) is 4.98 Å². The number of piperazine rings is 1. The van der Waals surface area contributed by atoms with Crippen molar-refractivity contribution in [1.82, 2.24) is 9.88 Å². The van der Waals surface area contributed by atoms with Gasteiger partial charge < -0.3 is 19.5 Å². The fourth-order valence-electron chi connectivity index (χ4n) is 3.48. The highest BCUT2D eigenvalue weighted by Crippen LogP contribution is 2.26. The molecule has 1 aromatic carbocycles. The van der Waals surface area contributed by atoms with Crippen molar-refractivity contribution in [3.05, 3.63) is 47.1 Å². The van der Waals surface area contributed by atoms with Crippen LogP contribution in [-0.4, -0.2) is 61.5 Å². The number of rotatable bonds is 7. The van der Waals surface area contributed by atoms with Crippen LogP contribution < -0.4 is 14.4 Å². The number of aromatic nitrogens is 1. The van der Waals surface area contributed by atoms with Crippen molar-refractivity contribution in [3.8, 4) is 11.5 Å². The van der Waals surface area contributed by atoms with E-state index in [0.717, 1.165) is 49.1 Å². The minimum Gasteiger partial charge on any atom is -0.497 e. The van der Waals surface area contributed by atoms with Crippen LogP contribution in [0.1, 0.15) is 12.0 Å². The molecule has 1 fully saturated rings. The van der Waals surface area contributed by atoms with E-state index in [1.54, 1.807) is 20.4 Å². The molecule has 1 atom stereocenters. The second-order valence-electron chi connectivity index (χ2n) is 6.64. The summed E-state index contributed by atoms with van der Waals surface area (Å²) in [6, 6.07) is 9.98. The lowest BCUT2D eigenvalue weighted by Crippen LogP contribution is -2.53. The molecule has 0 aliphatic carbocycles. The SMILES string of the molecule is COc1cc(CN2CCN(c3ccc(Cl)cn3)C[C@H]2CCO)cc(OC)c1. The Labute approximate surface area is 165 Å². The van der Waals surface area contributed by atoms with E-state index in [4.69, 9.17) is 21.1 Å². The van der Waals surface area contributed by atoms with Crippen LogP contribution in [0.4, 0.5) is 5.82 Å². The number of anilines is 1. The second kappa shape index (κ2) is 9.26. The molecule has 2 aromatic rings. The third-order valence-corrected chi connectivity index (χ3v) is 5.12. The first kappa shape index (κ1) is 19.7. The zero-order chi connectivity index (χ0) is 19.2. The molecule has 3 rings (SSSR count). The highest BCUT2D eigenvalue weighted by atomic mass is 35.5. The lowest BCUT2D eigenvalue weighted by molar-refractivity contribution is 0.135. The Hall–Kier alpha value is -2.02. The van der Waals surface area contributed by atoms with E-state index in [1.165, 1.54) is 0 Å². The number of nitrogens with zero attached hydrogens (tertiary/aromatic N) is 3. The van der Waals surface area contributed by atoms with Gasteiger partial charge in [-0.15, -0.1) is 0 Å². The zero-order valence-electron chi connectivity index (χ0n) is 15.8. The average molecular weight is 392 g/mol. The van der Waals surface area contributed by atoms with E-state index in [2.05, 4.69) is 14.8 Å². The molecule has 1 aliphatic rings. The normalized spacial score (nSPS) is 17.8. The maximum atomic E-state index is 9.54. The summed E-state index contributed by atoms with van der Waals surface area (Å²) in [6.07, 6.45) is 2.39. The van der Waals surface area contributed by atoms with Gasteiger partial charge in [0.2, 0.25) is 0 Å². The maximum Gasteiger partial charge on any atom is 0.128 e. The van der Waals surface area contributed by atoms with Crippen LogP contribution in [-0.2, 0) is 6.54 Å². The van der Waals surface area contributed by atoms with E-state index in [-0.39, 0.29) is 12.6 Å². The highest BCUT2D eigenvalue weighted by Gasteiger charge is 2.27. The third kappa shape index (κ3) is 5.03. The van der Waals surface area contributed by atoms with E-state index in [0.29, 0.717) is 11.4 Å². The van der Waals surface area contributed by atoms with Crippen molar-refractivity contribution >= 4 is 17.4 Å². The molecule has 2 heterocycles. The van der Waals surface area contributed by atoms with Gasteiger partial charge in [0.25, 0.3) is 0 Å². The molecule has 146 valence electrons. The molecular weight excluding hydrogens is 366 g/mol. The van der Waals surface area contributed by atoms with Crippen molar-refractivity contribution in [2.24, 2.45) is 0 Å². The zero-order valence-corrected chi connectivity index (χ0v) is 16.5. The summed E-state index contributed by atoms with van der Waals surface area (Å²) in [5.41, 5.74) is 1.13. The number of pyridine rings is 1. The molecule has 0 amide bonds. The van der Waals surface area contributed by atoms with Crippen LogP contribution in [0.3, 0.4) is 0 Å². The van der Waals surface area contributed by atoms with Gasteiger partial charge in [0.05, 0.1) is 19.2 Å². The molecule has 1 aromatic heterocycles. The van der Waals surface area contributed by atoms with Gasteiger partial charge in [-0.1, -0.05) is 11.6 Å². The Morgan fingerprint density at radius 1 is 1.15 bits per heavy atom. The molecule has 1 saturated heterocycles.